The summed E-state index contributed by atoms with van der Waals surface area (Å²) < 4.78 is 10.6. The molecule has 0 aromatic heterocycles. The van der Waals surface area contributed by atoms with Crippen molar-refractivity contribution in [3.8, 4) is 11.5 Å². The second kappa shape index (κ2) is 5.91. The van der Waals surface area contributed by atoms with Crippen molar-refractivity contribution in [2.24, 2.45) is 0 Å². The van der Waals surface area contributed by atoms with Gasteiger partial charge in [0.2, 0.25) is 0 Å². The Bertz CT molecular complexity index is 543. The molecule has 0 heterocycles. The first-order valence-electron chi connectivity index (χ1n) is 5.76. The first kappa shape index (κ1) is 13.0. The average Bonchev–Trinajstić information content (AvgIpc) is 2.46. The van der Waals surface area contributed by atoms with Gasteiger partial charge in [0.1, 0.15) is 18.1 Å². The molecular formula is C15H13O4-. The van der Waals surface area contributed by atoms with Gasteiger partial charge in [0.05, 0.1) is 13.1 Å². The van der Waals surface area contributed by atoms with Gasteiger partial charge in [-0.15, -0.1) is 0 Å². The highest BCUT2D eigenvalue weighted by molar-refractivity contribution is 5.85. The number of rotatable bonds is 5. The highest BCUT2D eigenvalue weighted by atomic mass is 16.5. The van der Waals surface area contributed by atoms with Crippen LogP contribution in [0.3, 0.4) is 0 Å². The van der Waals surface area contributed by atoms with E-state index < -0.39 is 5.97 Å². The highest BCUT2D eigenvalue weighted by Gasteiger charge is 1.98. The number of benzene rings is 2. The van der Waals surface area contributed by atoms with Gasteiger partial charge in [0, 0.05) is 0 Å². The van der Waals surface area contributed by atoms with Crippen LogP contribution < -0.4 is 14.6 Å². The van der Waals surface area contributed by atoms with Crippen molar-refractivity contribution >= 4 is 5.97 Å². The summed E-state index contributed by atoms with van der Waals surface area (Å²) >= 11 is 0. The normalized spacial score (nSPS) is 9.95. The number of carboxylic acids is 1. The maximum Gasteiger partial charge on any atom is 0.120 e. The molecule has 0 fully saturated rings. The SMILES string of the molecule is COc1ccc(OCc2ccc(C(=O)[O-])cc2)cc1. The lowest BCUT2D eigenvalue weighted by Crippen LogP contribution is -2.22. The van der Waals surface area contributed by atoms with E-state index in [1.165, 1.54) is 12.1 Å². The smallest absolute Gasteiger partial charge is 0.120 e. The molecule has 2 rings (SSSR count). The minimum Gasteiger partial charge on any atom is -0.545 e. The summed E-state index contributed by atoms with van der Waals surface area (Å²) in [7, 11) is 1.61. The van der Waals surface area contributed by atoms with Gasteiger partial charge < -0.3 is 19.4 Å². The lowest BCUT2D eigenvalue weighted by Gasteiger charge is -2.08. The molecule has 0 saturated heterocycles. The molecule has 2 aromatic rings. The van der Waals surface area contributed by atoms with Gasteiger partial charge in [-0.05, 0) is 35.4 Å². The van der Waals surface area contributed by atoms with Crippen molar-refractivity contribution in [1.29, 1.82) is 0 Å². The summed E-state index contributed by atoms with van der Waals surface area (Å²) in [5.74, 6) is 0.318. The van der Waals surface area contributed by atoms with E-state index in [-0.39, 0.29) is 5.56 Å². The Morgan fingerprint density at radius 3 is 2.11 bits per heavy atom. The van der Waals surface area contributed by atoms with Crippen LogP contribution in [0.15, 0.2) is 48.5 Å². The summed E-state index contributed by atoms with van der Waals surface area (Å²) in [6.07, 6.45) is 0. The van der Waals surface area contributed by atoms with Crippen molar-refractivity contribution in [3.05, 3.63) is 59.7 Å². The van der Waals surface area contributed by atoms with Gasteiger partial charge in [0.15, 0.2) is 0 Å². The van der Waals surface area contributed by atoms with Crippen LogP contribution >= 0.6 is 0 Å². The molecule has 2 aromatic carbocycles. The third-order valence-electron chi connectivity index (χ3n) is 2.65. The number of carboxylic acid groups (broad SMARTS) is 1. The molecule has 0 radical (unpaired) electrons. The predicted molar refractivity (Wildman–Crippen MR) is 68.1 cm³/mol. The minimum absolute atomic E-state index is 0.160. The van der Waals surface area contributed by atoms with Gasteiger partial charge in [-0.3, -0.25) is 0 Å². The zero-order valence-corrected chi connectivity index (χ0v) is 10.5. The molecule has 0 atom stereocenters. The Balaban J connectivity index is 1.95. The molecular weight excluding hydrogens is 244 g/mol. The Hall–Kier alpha value is -2.49. The first-order chi connectivity index (χ1) is 9.19. The quantitative estimate of drug-likeness (QED) is 0.817. The number of ether oxygens (including phenoxy) is 2. The van der Waals surface area contributed by atoms with Crippen molar-refractivity contribution in [2.45, 2.75) is 6.61 Å². The lowest BCUT2D eigenvalue weighted by molar-refractivity contribution is -0.255. The molecule has 4 nitrogen and oxygen atoms in total. The number of carbonyl (C=O) groups is 1. The van der Waals surface area contributed by atoms with E-state index in [4.69, 9.17) is 9.47 Å². The summed E-state index contributed by atoms with van der Waals surface area (Å²) in [4.78, 5) is 10.6. The van der Waals surface area contributed by atoms with Crippen LogP contribution in [0, 0.1) is 0 Å². The number of hydrogen-bond donors (Lipinski definition) is 0. The Labute approximate surface area is 111 Å². The molecule has 0 N–H and O–H groups in total. The summed E-state index contributed by atoms with van der Waals surface area (Å²) in [5, 5.41) is 10.6. The molecule has 0 saturated carbocycles. The largest absolute Gasteiger partial charge is 0.545 e. The third kappa shape index (κ3) is 3.48. The summed E-state index contributed by atoms with van der Waals surface area (Å²) in [6.45, 7) is 0.375. The van der Waals surface area contributed by atoms with Crippen molar-refractivity contribution in [2.75, 3.05) is 7.11 Å². The molecule has 0 bridgehead atoms. The molecule has 4 heteroatoms. The van der Waals surface area contributed by atoms with Gasteiger partial charge in [-0.2, -0.15) is 0 Å². The molecule has 0 aliphatic rings. The summed E-state index contributed by atoms with van der Waals surface area (Å²) in [6, 6.07) is 13.7. The molecule has 0 spiro atoms. The number of carbonyl (C=O) groups excluding carboxylic acids is 1. The number of methoxy groups -OCH3 is 1. The average molecular weight is 257 g/mol. The van der Waals surface area contributed by atoms with Gasteiger partial charge in [0.25, 0.3) is 0 Å². The van der Waals surface area contributed by atoms with Crippen LogP contribution in [0.2, 0.25) is 0 Å². The van der Waals surface area contributed by atoms with Crippen LogP contribution in [0.4, 0.5) is 0 Å². The van der Waals surface area contributed by atoms with Gasteiger partial charge in [-0.1, -0.05) is 24.3 Å². The van der Waals surface area contributed by atoms with E-state index >= 15 is 0 Å². The Morgan fingerprint density at radius 2 is 1.58 bits per heavy atom. The topological polar surface area (TPSA) is 58.6 Å². The Kier molecular flexibility index (Phi) is 4.03. The standard InChI is InChI=1S/C15H14O4/c1-18-13-6-8-14(9-7-13)19-10-11-2-4-12(5-3-11)15(16)17/h2-9H,10H2,1H3,(H,16,17)/p-1. The van der Waals surface area contributed by atoms with Crippen LogP contribution in [-0.2, 0) is 6.61 Å². The second-order valence-corrected chi connectivity index (χ2v) is 3.95. The van der Waals surface area contributed by atoms with Crippen LogP contribution in [0.1, 0.15) is 15.9 Å². The first-order valence-corrected chi connectivity index (χ1v) is 5.76. The van der Waals surface area contributed by atoms with Gasteiger partial charge in [-0.25, -0.2) is 0 Å². The highest BCUT2D eigenvalue weighted by Crippen LogP contribution is 2.18. The third-order valence-corrected chi connectivity index (χ3v) is 2.65. The van der Waals surface area contributed by atoms with Crippen molar-refractivity contribution < 1.29 is 19.4 Å². The fourth-order valence-electron chi connectivity index (χ4n) is 1.58. The van der Waals surface area contributed by atoms with E-state index in [9.17, 15) is 9.90 Å². The maximum absolute atomic E-state index is 10.6. The Morgan fingerprint density at radius 1 is 1.00 bits per heavy atom. The molecule has 19 heavy (non-hydrogen) atoms. The van der Waals surface area contributed by atoms with E-state index in [0.717, 1.165) is 17.1 Å². The minimum atomic E-state index is -1.18. The number of hydrogen-bond acceptors (Lipinski definition) is 4. The van der Waals surface area contributed by atoms with E-state index in [0.29, 0.717) is 6.61 Å². The van der Waals surface area contributed by atoms with E-state index in [1.807, 2.05) is 24.3 Å². The molecule has 0 aliphatic heterocycles. The van der Waals surface area contributed by atoms with Crippen molar-refractivity contribution in [1.82, 2.24) is 0 Å². The van der Waals surface area contributed by atoms with Crippen molar-refractivity contribution in [3.63, 3.8) is 0 Å². The summed E-state index contributed by atoms with van der Waals surface area (Å²) in [5.41, 5.74) is 1.05. The fraction of sp³-hybridized carbons (Fsp3) is 0.133. The fourth-order valence-corrected chi connectivity index (χ4v) is 1.58. The molecule has 0 unspecified atom stereocenters. The zero-order valence-electron chi connectivity index (χ0n) is 10.5. The van der Waals surface area contributed by atoms with E-state index in [2.05, 4.69) is 0 Å². The van der Waals surface area contributed by atoms with Crippen LogP contribution in [0.25, 0.3) is 0 Å². The maximum atomic E-state index is 10.6. The lowest BCUT2D eigenvalue weighted by atomic mass is 10.1. The molecule has 98 valence electrons. The number of aromatic carboxylic acids is 1. The molecule has 0 aliphatic carbocycles. The van der Waals surface area contributed by atoms with Crippen LogP contribution in [-0.4, -0.2) is 13.1 Å². The van der Waals surface area contributed by atoms with Gasteiger partial charge >= 0.3 is 0 Å². The van der Waals surface area contributed by atoms with E-state index in [1.54, 1.807) is 19.2 Å². The zero-order chi connectivity index (χ0) is 13.7. The monoisotopic (exact) mass is 257 g/mol. The van der Waals surface area contributed by atoms with Crippen LogP contribution in [0.5, 0.6) is 11.5 Å². The molecule has 0 amide bonds. The second-order valence-electron chi connectivity index (χ2n) is 3.95. The predicted octanol–water partition coefficient (Wildman–Crippen LogP) is 1.64.